The van der Waals surface area contributed by atoms with Crippen molar-refractivity contribution in [3.63, 3.8) is 0 Å². The predicted octanol–water partition coefficient (Wildman–Crippen LogP) is 11.4. The van der Waals surface area contributed by atoms with E-state index in [9.17, 15) is 0 Å². The van der Waals surface area contributed by atoms with E-state index < -0.39 is 0 Å². The van der Waals surface area contributed by atoms with E-state index in [1.54, 1.807) is 0 Å². The summed E-state index contributed by atoms with van der Waals surface area (Å²) in [5, 5.41) is 3.58. The van der Waals surface area contributed by atoms with Crippen molar-refractivity contribution >= 4 is 32.7 Å². The van der Waals surface area contributed by atoms with Crippen molar-refractivity contribution in [2.75, 3.05) is 0 Å². The van der Waals surface area contributed by atoms with E-state index in [0.717, 1.165) is 61.4 Å². The number of fused-ring (bicyclic) bond motifs is 3. The van der Waals surface area contributed by atoms with Gasteiger partial charge in [0.05, 0.1) is 22.2 Å². The van der Waals surface area contributed by atoms with Crippen molar-refractivity contribution < 1.29 is 0 Å². The lowest BCUT2D eigenvalue weighted by Gasteiger charge is -2.13. The molecule has 2 aromatic heterocycles. The number of hydrogen-bond acceptors (Lipinski definition) is 2. The standard InChI is InChI=1S/C44H29N3/c1-3-12-32(13-4-1)42-38-19-8-7-14-34(38)29-35-26-27-39(45-43(35)42)31-24-22-30(23-25-31)33-15-11-16-36(28-33)44-46-40-20-9-10-21-41(40)47(44)37-17-5-2-6-18-37/h1-29H. The monoisotopic (exact) mass is 599 g/mol. The topological polar surface area (TPSA) is 30.7 Å². The molecule has 9 rings (SSSR count). The quantitative estimate of drug-likeness (QED) is 0.184. The normalized spacial score (nSPS) is 11.4. The Labute approximate surface area is 273 Å². The van der Waals surface area contributed by atoms with Crippen LogP contribution in [0.3, 0.4) is 0 Å². The first-order valence-electron chi connectivity index (χ1n) is 15.9. The summed E-state index contributed by atoms with van der Waals surface area (Å²) < 4.78 is 2.25. The molecule has 0 fully saturated rings. The second-order valence-electron chi connectivity index (χ2n) is 11.9. The molecule has 3 nitrogen and oxygen atoms in total. The molecule has 0 saturated carbocycles. The van der Waals surface area contributed by atoms with Crippen molar-refractivity contribution in [3.05, 3.63) is 176 Å². The Morgan fingerprint density at radius 2 is 1.09 bits per heavy atom. The van der Waals surface area contributed by atoms with Gasteiger partial charge in [-0.25, -0.2) is 9.97 Å². The van der Waals surface area contributed by atoms with E-state index in [-0.39, 0.29) is 0 Å². The minimum Gasteiger partial charge on any atom is -0.292 e. The number of aromatic nitrogens is 3. The Morgan fingerprint density at radius 3 is 1.94 bits per heavy atom. The zero-order valence-corrected chi connectivity index (χ0v) is 25.6. The summed E-state index contributed by atoms with van der Waals surface area (Å²) >= 11 is 0. The molecule has 0 aliphatic heterocycles. The van der Waals surface area contributed by atoms with Crippen molar-refractivity contribution in [2.24, 2.45) is 0 Å². The van der Waals surface area contributed by atoms with Gasteiger partial charge in [0.25, 0.3) is 0 Å². The maximum absolute atomic E-state index is 5.28. The minimum atomic E-state index is 0.929. The molecule has 7 aromatic carbocycles. The molecule has 9 aromatic rings. The van der Waals surface area contributed by atoms with Crippen LogP contribution in [0.25, 0.3) is 83.3 Å². The first-order chi connectivity index (χ1) is 23.3. The van der Waals surface area contributed by atoms with E-state index in [1.807, 2.05) is 12.1 Å². The number of para-hydroxylation sites is 3. The number of hydrogen-bond donors (Lipinski definition) is 0. The van der Waals surface area contributed by atoms with Crippen LogP contribution in [0.15, 0.2) is 176 Å². The highest BCUT2D eigenvalue weighted by Gasteiger charge is 2.16. The number of nitrogens with zero attached hydrogens (tertiary/aromatic N) is 3. The van der Waals surface area contributed by atoms with Crippen molar-refractivity contribution in [1.29, 1.82) is 0 Å². The molecule has 0 N–H and O–H groups in total. The van der Waals surface area contributed by atoms with Crippen LogP contribution in [0.5, 0.6) is 0 Å². The minimum absolute atomic E-state index is 0.929. The lowest BCUT2D eigenvalue weighted by molar-refractivity contribution is 1.10. The van der Waals surface area contributed by atoms with E-state index in [2.05, 4.69) is 168 Å². The van der Waals surface area contributed by atoms with Crippen LogP contribution in [0.2, 0.25) is 0 Å². The average Bonchev–Trinajstić information content (AvgIpc) is 3.54. The van der Waals surface area contributed by atoms with Crippen molar-refractivity contribution in [2.45, 2.75) is 0 Å². The van der Waals surface area contributed by atoms with Gasteiger partial charge in [-0.15, -0.1) is 0 Å². The summed E-state index contributed by atoms with van der Waals surface area (Å²) in [5.74, 6) is 0.929. The van der Waals surface area contributed by atoms with E-state index in [1.165, 1.54) is 21.9 Å². The number of imidazole rings is 1. The maximum Gasteiger partial charge on any atom is 0.145 e. The average molecular weight is 600 g/mol. The summed E-state index contributed by atoms with van der Waals surface area (Å²) in [4.78, 5) is 10.4. The van der Waals surface area contributed by atoms with Gasteiger partial charge in [0.15, 0.2) is 0 Å². The van der Waals surface area contributed by atoms with Gasteiger partial charge in [-0.05, 0) is 69.9 Å². The zero-order valence-electron chi connectivity index (χ0n) is 25.6. The van der Waals surface area contributed by atoms with Crippen LogP contribution in [0.4, 0.5) is 0 Å². The Kier molecular flexibility index (Phi) is 6.46. The van der Waals surface area contributed by atoms with Gasteiger partial charge in [0.2, 0.25) is 0 Å². The Morgan fingerprint density at radius 1 is 0.404 bits per heavy atom. The van der Waals surface area contributed by atoms with Gasteiger partial charge in [0, 0.05) is 27.8 Å². The first-order valence-corrected chi connectivity index (χ1v) is 15.9. The summed E-state index contributed by atoms with van der Waals surface area (Å²) in [5.41, 5.74) is 11.9. The summed E-state index contributed by atoms with van der Waals surface area (Å²) in [7, 11) is 0. The molecule has 0 unspecified atom stereocenters. The van der Waals surface area contributed by atoms with Crippen molar-refractivity contribution in [1.82, 2.24) is 14.5 Å². The lowest BCUT2D eigenvalue weighted by atomic mass is 9.94. The molecular formula is C44H29N3. The molecular weight excluding hydrogens is 571 g/mol. The van der Waals surface area contributed by atoms with Gasteiger partial charge >= 0.3 is 0 Å². The highest BCUT2D eigenvalue weighted by molar-refractivity contribution is 6.11. The molecule has 3 heteroatoms. The molecule has 0 aliphatic rings. The first kappa shape index (κ1) is 27.0. The molecule has 220 valence electrons. The molecule has 0 bridgehead atoms. The predicted molar refractivity (Wildman–Crippen MR) is 196 cm³/mol. The van der Waals surface area contributed by atoms with Crippen LogP contribution in [0.1, 0.15) is 0 Å². The maximum atomic E-state index is 5.28. The SMILES string of the molecule is c1ccc(-c2c3ccccc3cc3ccc(-c4ccc(-c5cccc(-c6nc7ccccc7n6-c6ccccc6)c5)cc4)nc23)cc1. The zero-order chi connectivity index (χ0) is 31.2. The van der Waals surface area contributed by atoms with Gasteiger partial charge in [0.1, 0.15) is 5.82 Å². The fourth-order valence-electron chi connectivity index (χ4n) is 6.72. The van der Waals surface area contributed by atoms with E-state index in [4.69, 9.17) is 9.97 Å². The second-order valence-corrected chi connectivity index (χ2v) is 11.9. The van der Waals surface area contributed by atoms with E-state index >= 15 is 0 Å². The number of rotatable bonds is 5. The van der Waals surface area contributed by atoms with Gasteiger partial charge in [-0.3, -0.25) is 4.57 Å². The number of benzene rings is 7. The molecule has 47 heavy (non-hydrogen) atoms. The van der Waals surface area contributed by atoms with Crippen LogP contribution in [-0.4, -0.2) is 14.5 Å². The van der Waals surface area contributed by atoms with E-state index in [0.29, 0.717) is 0 Å². The Bertz CT molecular complexity index is 2550. The summed E-state index contributed by atoms with van der Waals surface area (Å²) in [6.45, 7) is 0. The number of pyridine rings is 1. The lowest BCUT2D eigenvalue weighted by Crippen LogP contribution is -1.97. The third-order valence-electron chi connectivity index (χ3n) is 8.98. The van der Waals surface area contributed by atoms with Crippen LogP contribution < -0.4 is 0 Å². The molecule has 0 radical (unpaired) electrons. The molecule has 0 amide bonds. The fraction of sp³-hybridized carbons (Fsp3) is 0. The summed E-state index contributed by atoms with van der Waals surface area (Å²) in [6.07, 6.45) is 0. The third-order valence-corrected chi connectivity index (χ3v) is 8.98. The highest BCUT2D eigenvalue weighted by Crippen LogP contribution is 2.37. The summed E-state index contributed by atoms with van der Waals surface area (Å²) in [6, 6.07) is 61.9. The van der Waals surface area contributed by atoms with Crippen molar-refractivity contribution in [3.8, 4) is 50.6 Å². The highest BCUT2D eigenvalue weighted by atomic mass is 15.1. The molecule has 0 atom stereocenters. The smallest absolute Gasteiger partial charge is 0.145 e. The van der Waals surface area contributed by atoms with Crippen LogP contribution in [-0.2, 0) is 0 Å². The molecule has 2 heterocycles. The molecule has 0 spiro atoms. The molecule has 0 aliphatic carbocycles. The Balaban J connectivity index is 1.11. The second kappa shape index (κ2) is 11.2. The van der Waals surface area contributed by atoms with Gasteiger partial charge in [-0.2, -0.15) is 0 Å². The molecule has 0 saturated heterocycles. The van der Waals surface area contributed by atoms with Crippen LogP contribution >= 0.6 is 0 Å². The fourth-order valence-corrected chi connectivity index (χ4v) is 6.72. The van der Waals surface area contributed by atoms with Crippen LogP contribution in [0, 0.1) is 0 Å². The van der Waals surface area contributed by atoms with Gasteiger partial charge < -0.3 is 0 Å². The van der Waals surface area contributed by atoms with Gasteiger partial charge in [-0.1, -0.05) is 133 Å². The largest absolute Gasteiger partial charge is 0.292 e. The third kappa shape index (κ3) is 4.77. The Hall–Kier alpha value is -6.32.